The lowest BCUT2D eigenvalue weighted by molar-refractivity contribution is -0.155. The summed E-state index contributed by atoms with van der Waals surface area (Å²) in [5, 5.41) is 12.6. The maximum absolute atomic E-state index is 14.7. The van der Waals surface area contributed by atoms with Gasteiger partial charge < -0.3 is 24.4 Å². The van der Waals surface area contributed by atoms with Gasteiger partial charge in [0, 0.05) is 12.2 Å². The van der Waals surface area contributed by atoms with Crippen LogP contribution in [-0.4, -0.2) is 71.3 Å². The first-order valence-corrected chi connectivity index (χ1v) is 14.1. The molecule has 2 bridgehead atoms. The van der Waals surface area contributed by atoms with Crippen LogP contribution in [-0.2, 0) is 23.9 Å². The molecule has 2 aromatic rings. The first-order valence-electron chi connectivity index (χ1n) is 14.1. The molecule has 1 N–H and O–H groups in total. The fourth-order valence-electron chi connectivity index (χ4n) is 6.99. The van der Waals surface area contributed by atoms with Crippen LogP contribution in [0.1, 0.15) is 33.1 Å². The Morgan fingerprint density at radius 3 is 2.65 bits per heavy atom. The first-order chi connectivity index (χ1) is 19.3. The van der Waals surface area contributed by atoms with E-state index in [0.717, 1.165) is 10.8 Å². The molecule has 40 heavy (non-hydrogen) atoms. The Labute approximate surface area is 235 Å². The maximum atomic E-state index is 14.7. The second-order valence-corrected chi connectivity index (χ2v) is 11.1. The van der Waals surface area contributed by atoms with Gasteiger partial charge in [-0.25, -0.2) is 0 Å². The number of likely N-dealkylation sites (tertiary alicyclic amines) is 1. The van der Waals surface area contributed by atoms with Gasteiger partial charge in [-0.05, 0) is 41.7 Å². The monoisotopic (exact) mass is 546 g/mol. The van der Waals surface area contributed by atoms with Crippen LogP contribution >= 0.6 is 0 Å². The van der Waals surface area contributed by atoms with E-state index in [0.29, 0.717) is 24.9 Å². The zero-order chi connectivity index (χ0) is 28.6. The third-order valence-corrected chi connectivity index (χ3v) is 9.06. The van der Waals surface area contributed by atoms with Crippen molar-refractivity contribution < 1.29 is 29.0 Å². The highest BCUT2D eigenvalue weighted by Gasteiger charge is 2.75. The fourth-order valence-corrected chi connectivity index (χ4v) is 6.99. The third kappa shape index (κ3) is 4.34. The Hall–Kier alpha value is -3.49. The summed E-state index contributed by atoms with van der Waals surface area (Å²) < 4.78 is 11.9. The SMILES string of the molecule is C=CCOC(=O)[C@@H]1[C@H]2C(=O)N([C@@H](CO)[C@@H](C)CC)C(C(=O)N(CC=C)c3ccc4ccccc4c3)C23CC[C@H]1O3. The molecule has 2 aromatic carbocycles. The number of hydrogen-bond acceptors (Lipinski definition) is 6. The van der Waals surface area contributed by atoms with E-state index in [2.05, 4.69) is 13.2 Å². The normalized spacial score (nSPS) is 28.3. The summed E-state index contributed by atoms with van der Waals surface area (Å²) in [6, 6.07) is 12.1. The lowest BCUT2D eigenvalue weighted by atomic mass is 9.70. The van der Waals surface area contributed by atoms with Gasteiger partial charge in [0.15, 0.2) is 0 Å². The van der Waals surface area contributed by atoms with Crippen LogP contribution in [0, 0.1) is 17.8 Å². The van der Waals surface area contributed by atoms with Gasteiger partial charge in [-0.3, -0.25) is 14.4 Å². The number of aliphatic hydroxyl groups is 1. The number of benzene rings is 2. The zero-order valence-electron chi connectivity index (χ0n) is 23.2. The van der Waals surface area contributed by atoms with Crippen molar-refractivity contribution in [2.75, 3.05) is 24.7 Å². The number of fused-ring (bicyclic) bond motifs is 2. The molecule has 3 fully saturated rings. The van der Waals surface area contributed by atoms with Crippen molar-refractivity contribution in [3.8, 4) is 0 Å². The average molecular weight is 547 g/mol. The van der Waals surface area contributed by atoms with Crippen molar-refractivity contribution in [3.05, 3.63) is 67.8 Å². The number of esters is 1. The van der Waals surface area contributed by atoms with E-state index in [1.807, 2.05) is 56.3 Å². The highest BCUT2D eigenvalue weighted by Crippen LogP contribution is 2.59. The summed E-state index contributed by atoms with van der Waals surface area (Å²) in [4.78, 5) is 45.4. The Balaban J connectivity index is 1.61. The quantitative estimate of drug-likeness (QED) is 0.340. The molecule has 0 radical (unpaired) electrons. The largest absolute Gasteiger partial charge is 0.461 e. The third-order valence-electron chi connectivity index (χ3n) is 9.06. The number of hydrogen-bond donors (Lipinski definition) is 1. The molecule has 7 atom stereocenters. The van der Waals surface area contributed by atoms with Crippen LogP contribution in [0.3, 0.4) is 0 Å². The highest BCUT2D eigenvalue weighted by atomic mass is 16.6. The molecular formula is C32H38N2O6. The maximum Gasteiger partial charge on any atom is 0.312 e. The Kier molecular flexibility index (Phi) is 7.84. The number of ether oxygens (including phenoxy) is 2. The second kappa shape index (κ2) is 11.2. The van der Waals surface area contributed by atoms with Gasteiger partial charge in [-0.2, -0.15) is 0 Å². The zero-order valence-corrected chi connectivity index (χ0v) is 23.2. The van der Waals surface area contributed by atoms with Crippen molar-refractivity contribution in [3.63, 3.8) is 0 Å². The van der Waals surface area contributed by atoms with Crippen LogP contribution in [0.25, 0.3) is 10.8 Å². The summed E-state index contributed by atoms with van der Waals surface area (Å²) >= 11 is 0. The van der Waals surface area contributed by atoms with E-state index in [4.69, 9.17) is 9.47 Å². The number of rotatable bonds is 11. The molecule has 212 valence electrons. The average Bonchev–Trinajstić information content (AvgIpc) is 3.62. The topological polar surface area (TPSA) is 96.4 Å². The van der Waals surface area contributed by atoms with E-state index in [1.54, 1.807) is 11.0 Å². The van der Waals surface area contributed by atoms with Gasteiger partial charge in [0.2, 0.25) is 5.91 Å². The Bertz CT molecular complexity index is 1330. The van der Waals surface area contributed by atoms with Crippen LogP contribution < -0.4 is 4.90 Å². The second-order valence-electron chi connectivity index (χ2n) is 11.1. The van der Waals surface area contributed by atoms with Crippen molar-refractivity contribution in [1.82, 2.24) is 4.90 Å². The molecule has 1 spiro atoms. The van der Waals surface area contributed by atoms with Gasteiger partial charge in [0.05, 0.1) is 30.6 Å². The Morgan fingerprint density at radius 2 is 1.98 bits per heavy atom. The molecule has 0 aromatic heterocycles. The summed E-state index contributed by atoms with van der Waals surface area (Å²) in [6.45, 7) is 11.4. The van der Waals surface area contributed by atoms with E-state index in [9.17, 15) is 19.5 Å². The minimum absolute atomic E-state index is 0.0310. The molecule has 3 aliphatic heterocycles. The van der Waals surface area contributed by atoms with Crippen LogP contribution in [0.2, 0.25) is 0 Å². The van der Waals surface area contributed by atoms with Crippen LogP contribution in [0.4, 0.5) is 5.69 Å². The molecule has 3 heterocycles. The summed E-state index contributed by atoms with van der Waals surface area (Å²) in [5.41, 5.74) is -0.511. The van der Waals surface area contributed by atoms with E-state index < -0.39 is 41.6 Å². The number of carbonyl (C=O) groups is 3. The summed E-state index contributed by atoms with van der Waals surface area (Å²) in [5.74, 6) is -2.93. The predicted octanol–water partition coefficient (Wildman–Crippen LogP) is 3.87. The number of anilines is 1. The van der Waals surface area contributed by atoms with E-state index in [1.165, 1.54) is 11.0 Å². The molecular weight excluding hydrogens is 508 g/mol. The van der Waals surface area contributed by atoms with Gasteiger partial charge in [0.1, 0.15) is 18.2 Å². The minimum Gasteiger partial charge on any atom is -0.461 e. The van der Waals surface area contributed by atoms with Crippen molar-refractivity contribution in [2.24, 2.45) is 17.8 Å². The lowest BCUT2D eigenvalue weighted by Gasteiger charge is -2.41. The molecule has 3 saturated heterocycles. The van der Waals surface area contributed by atoms with Crippen molar-refractivity contribution >= 4 is 34.2 Å². The molecule has 5 rings (SSSR count). The van der Waals surface area contributed by atoms with E-state index >= 15 is 0 Å². The summed E-state index contributed by atoms with van der Waals surface area (Å²) in [6.07, 6.45) is 4.34. The minimum atomic E-state index is -1.19. The van der Waals surface area contributed by atoms with Gasteiger partial charge >= 0.3 is 5.97 Å². The standard InChI is InChI=1S/C32H38N2O6/c1-5-16-33(23-13-12-21-10-8-9-11-22(21)18-23)30(37)28-32-15-14-25(40-32)26(31(38)39-17-6-2)27(32)29(36)34(28)24(19-35)20(4)7-3/h5-6,8-13,18,20,24-28,35H,1-2,7,14-17,19H2,3-4H3/t20-,24-,25+,26-,27-,28?,32?/m0/s1. The molecule has 2 amide bonds. The first kappa shape index (κ1) is 28.1. The van der Waals surface area contributed by atoms with Gasteiger partial charge in [-0.15, -0.1) is 6.58 Å². The molecule has 0 aliphatic carbocycles. The summed E-state index contributed by atoms with van der Waals surface area (Å²) in [7, 11) is 0. The number of nitrogens with zero attached hydrogens (tertiary/aromatic N) is 2. The fraction of sp³-hybridized carbons (Fsp3) is 0.469. The van der Waals surface area contributed by atoms with Gasteiger partial charge in [-0.1, -0.05) is 69.3 Å². The number of carbonyl (C=O) groups excluding carboxylic acids is 3. The van der Waals surface area contributed by atoms with Crippen LogP contribution in [0.5, 0.6) is 0 Å². The lowest BCUT2D eigenvalue weighted by Crippen LogP contribution is -2.60. The Morgan fingerprint density at radius 1 is 1.23 bits per heavy atom. The molecule has 3 aliphatic rings. The molecule has 8 heteroatoms. The van der Waals surface area contributed by atoms with Crippen LogP contribution in [0.15, 0.2) is 67.8 Å². The number of aliphatic hydroxyl groups excluding tert-OH is 1. The smallest absolute Gasteiger partial charge is 0.312 e. The van der Waals surface area contributed by atoms with Gasteiger partial charge in [0.25, 0.3) is 5.91 Å². The van der Waals surface area contributed by atoms with E-state index in [-0.39, 0.29) is 37.5 Å². The van der Waals surface area contributed by atoms with Crippen molar-refractivity contribution in [2.45, 2.75) is 56.9 Å². The van der Waals surface area contributed by atoms with Crippen molar-refractivity contribution in [1.29, 1.82) is 0 Å². The molecule has 2 unspecified atom stereocenters. The molecule has 8 nitrogen and oxygen atoms in total. The number of amides is 2. The highest BCUT2D eigenvalue weighted by molar-refractivity contribution is 6.05. The predicted molar refractivity (Wildman–Crippen MR) is 152 cm³/mol. The molecule has 0 saturated carbocycles.